The number of amides is 2. The summed E-state index contributed by atoms with van der Waals surface area (Å²) in [6, 6.07) is 0.545. The van der Waals surface area contributed by atoms with Gasteiger partial charge >= 0.3 is 14.7 Å². The van der Waals surface area contributed by atoms with Gasteiger partial charge in [-0.2, -0.15) is 0 Å². The molecule has 310 valence electrons. The number of hydrogen-bond donors (Lipinski definition) is 2. The Balaban J connectivity index is 3.96. The van der Waals surface area contributed by atoms with Crippen molar-refractivity contribution in [1.82, 2.24) is 10.6 Å². The summed E-state index contributed by atoms with van der Waals surface area (Å²) in [5.41, 5.74) is 0. The van der Waals surface area contributed by atoms with Crippen molar-refractivity contribution in [3.8, 4) is 0 Å². The summed E-state index contributed by atoms with van der Waals surface area (Å²) in [4.78, 5) is 25.5. The number of unbranched alkanes of at least 4 members (excludes halogenated alkanes) is 22. The number of ether oxygens (including phenoxy) is 1. The van der Waals surface area contributed by atoms with Crippen LogP contribution in [0.5, 0.6) is 0 Å². The molecule has 0 rings (SSSR count). The Labute approximate surface area is 327 Å². The van der Waals surface area contributed by atoms with Crippen LogP contribution in [0, 0.1) is 5.92 Å². The number of nitrogens with one attached hydrogen (secondary N) is 2. The van der Waals surface area contributed by atoms with Gasteiger partial charge in [-0.05, 0) is 70.6 Å². The molecule has 0 fully saturated rings. The maximum absolute atomic E-state index is 13.0. The predicted molar refractivity (Wildman–Crippen MR) is 233 cm³/mol. The maximum atomic E-state index is 13.0. The lowest BCUT2D eigenvalue weighted by Crippen LogP contribution is -2.52. The molecule has 0 heterocycles. The zero-order valence-corrected chi connectivity index (χ0v) is 39.5. The van der Waals surface area contributed by atoms with Gasteiger partial charge in [0.05, 0.1) is 6.61 Å². The highest BCUT2D eigenvalue weighted by Crippen LogP contribution is 2.27. The molecule has 0 aliphatic rings. The fourth-order valence-electron chi connectivity index (χ4n) is 7.06. The molecule has 0 aliphatic carbocycles. The summed E-state index contributed by atoms with van der Waals surface area (Å²) in [6.45, 7) is 23.3. The largest absolute Gasteiger partial charge is 0.450 e. The van der Waals surface area contributed by atoms with Crippen molar-refractivity contribution in [3.63, 3.8) is 0 Å². The van der Waals surface area contributed by atoms with E-state index in [4.69, 9.17) is 13.0 Å². The highest BCUT2D eigenvalue weighted by Gasteiger charge is 2.39. The summed E-state index contributed by atoms with van der Waals surface area (Å²) < 4.78 is 18.7. The topological polar surface area (TPSA) is 85.9 Å². The van der Waals surface area contributed by atoms with Gasteiger partial charge < -0.3 is 23.6 Å². The minimum absolute atomic E-state index is 0.0511. The maximum Gasteiger partial charge on any atom is 0.407 e. The molecule has 2 amide bonds. The molecule has 2 atom stereocenters. The van der Waals surface area contributed by atoms with Gasteiger partial charge in [0.2, 0.25) is 5.91 Å². The van der Waals surface area contributed by atoms with Crippen LogP contribution in [0.4, 0.5) is 4.79 Å². The van der Waals surface area contributed by atoms with E-state index in [1.165, 1.54) is 122 Å². The van der Waals surface area contributed by atoms with Gasteiger partial charge in [-0.1, -0.05) is 168 Å². The number of alkyl carbamates (subject to hydrolysis) is 1. The number of hydrogen-bond acceptors (Lipinski definition) is 5. The molecule has 0 aromatic rings. The Hall–Kier alpha value is -0.689. The van der Waals surface area contributed by atoms with Crippen molar-refractivity contribution >= 4 is 37.2 Å². The first kappa shape index (κ1) is 51.3. The molecule has 0 saturated carbocycles. The van der Waals surface area contributed by atoms with E-state index >= 15 is 0 Å². The molecule has 0 saturated heterocycles. The summed E-state index contributed by atoms with van der Waals surface area (Å²) in [5.74, 6) is -0.0402. The van der Waals surface area contributed by atoms with E-state index < -0.39 is 37.3 Å². The van der Waals surface area contributed by atoms with Crippen LogP contribution < -0.4 is 10.6 Å². The van der Waals surface area contributed by atoms with Crippen LogP contribution in [-0.2, 0) is 17.8 Å². The lowest BCUT2D eigenvalue weighted by molar-refractivity contribution is -0.124. The zero-order valence-electron chi connectivity index (χ0n) is 36.5. The molecule has 2 N–H and O–H groups in total. The Morgan fingerprint density at radius 1 is 0.538 bits per heavy atom. The summed E-state index contributed by atoms with van der Waals surface area (Å²) in [6.07, 6.45) is 30.9. The van der Waals surface area contributed by atoms with Gasteiger partial charge in [0, 0.05) is 6.54 Å². The van der Waals surface area contributed by atoms with Gasteiger partial charge in [-0.15, -0.1) is 0 Å². The second-order valence-corrected chi connectivity index (χ2v) is 30.7. The van der Waals surface area contributed by atoms with E-state index in [1.54, 1.807) is 0 Å². The third-order valence-electron chi connectivity index (χ3n) is 9.90. The van der Waals surface area contributed by atoms with Gasteiger partial charge in [-0.25, -0.2) is 4.79 Å². The van der Waals surface area contributed by atoms with Crippen LogP contribution in [0.15, 0.2) is 0 Å². The average molecular weight is 787 g/mol. The predicted octanol–water partition coefficient (Wildman–Crippen LogP) is 13.4. The fourth-order valence-corrected chi connectivity index (χ4v) is 19.7. The summed E-state index contributed by atoms with van der Waals surface area (Å²) >= 11 is 0. The van der Waals surface area contributed by atoms with Crippen molar-refractivity contribution < 1.29 is 22.6 Å². The van der Waals surface area contributed by atoms with Crippen molar-refractivity contribution in [2.45, 2.75) is 239 Å². The van der Waals surface area contributed by atoms with Crippen molar-refractivity contribution in [1.29, 1.82) is 0 Å². The minimum atomic E-state index is -2.11. The Bertz CT molecular complexity index is 850. The lowest BCUT2D eigenvalue weighted by Gasteiger charge is -2.38. The third-order valence-corrected chi connectivity index (χ3v) is 19.5. The molecule has 0 radical (unpaired) electrons. The molecular formula is C42H90N2O5Si3. The molecular weight excluding hydrogens is 697 g/mol. The molecule has 0 aromatic carbocycles. The van der Waals surface area contributed by atoms with E-state index in [9.17, 15) is 9.59 Å². The molecule has 0 aromatic heterocycles. The van der Waals surface area contributed by atoms with E-state index in [0.717, 1.165) is 44.6 Å². The third kappa shape index (κ3) is 32.7. The summed E-state index contributed by atoms with van der Waals surface area (Å²) in [7, 11) is -5.37. The Morgan fingerprint density at radius 2 is 0.923 bits per heavy atom. The van der Waals surface area contributed by atoms with Gasteiger partial charge in [0.1, 0.15) is 6.04 Å². The smallest absolute Gasteiger partial charge is 0.407 e. The van der Waals surface area contributed by atoms with Crippen LogP contribution in [0.1, 0.15) is 181 Å². The van der Waals surface area contributed by atoms with E-state index in [-0.39, 0.29) is 11.8 Å². The molecule has 0 bridgehead atoms. The molecule has 0 spiro atoms. The number of carbonyl (C=O) groups is 2. The standard InChI is InChI=1S/C42H90N2O5Si3/c1-11-13-14-15-16-17-18-19-20-21-22-23-24-27-30-33-36-43-41(45)40(39(3)12-2)44-42(46)47-37-34-31-28-25-26-29-32-35-38-52(10,48-50(4,5)6)49-51(7,8)9/h39-40H,11-38H2,1-10H3,(H,43,45)(H,44,46). The van der Waals surface area contributed by atoms with Crippen LogP contribution in [0.3, 0.4) is 0 Å². The first-order valence-electron chi connectivity index (χ1n) is 22.2. The molecule has 52 heavy (non-hydrogen) atoms. The van der Waals surface area contributed by atoms with E-state index in [0.29, 0.717) is 13.2 Å². The van der Waals surface area contributed by atoms with Crippen LogP contribution in [-0.4, -0.2) is 56.4 Å². The quantitative estimate of drug-likeness (QED) is 0.0488. The van der Waals surface area contributed by atoms with Gasteiger partial charge in [0.25, 0.3) is 0 Å². The number of carbonyl (C=O) groups excluding carboxylic acids is 2. The summed E-state index contributed by atoms with van der Waals surface area (Å²) in [5, 5.41) is 5.93. The number of rotatable bonds is 36. The molecule has 0 aliphatic heterocycles. The monoisotopic (exact) mass is 787 g/mol. The second-order valence-electron chi connectivity index (χ2n) is 17.9. The van der Waals surface area contributed by atoms with E-state index in [1.807, 2.05) is 6.92 Å². The first-order valence-corrected chi connectivity index (χ1v) is 31.6. The van der Waals surface area contributed by atoms with Crippen LogP contribution in [0.2, 0.25) is 51.9 Å². The first-order chi connectivity index (χ1) is 24.6. The molecule has 7 nitrogen and oxygen atoms in total. The Morgan fingerprint density at radius 3 is 1.33 bits per heavy atom. The SMILES string of the molecule is CCCCCCCCCCCCCCCCCCNC(=O)C(NC(=O)OCCCCCCCCCC[Si](C)(O[Si](C)(C)C)O[Si](C)(C)C)C(C)CC. The molecule has 10 heteroatoms. The normalized spacial score (nSPS) is 13.6. The highest BCUT2D eigenvalue weighted by molar-refractivity contribution is 6.87. The lowest BCUT2D eigenvalue weighted by atomic mass is 9.98. The van der Waals surface area contributed by atoms with E-state index in [2.05, 4.69) is 70.3 Å². The van der Waals surface area contributed by atoms with Gasteiger partial charge in [-0.3, -0.25) is 4.79 Å². The van der Waals surface area contributed by atoms with Crippen molar-refractivity contribution in [2.75, 3.05) is 13.2 Å². The van der Waals surface area contributed by atoms with Crippen LogP contribution in [0.25, 0.3) is 0 Å². The van der Waals surface area contributed by atoms with Crippen LogP contribution >= 0.6 is 0 Å². The Kier molecular flexibility index (Phi) is 31.1. The molecule has 2 unspecified atom stereocenters. The average Bonchev–Trinajstić information content (AvgIpc) is 3.05. The van der Waals surface area contributed by atoms with Crippen molar-refractivity contribution in [2.24, 2.45) is 5.92 Å². The second kappa shape index (κ2) is 31.5. The zero-order chi connectivity index (χ0) is 39.1. The minimum Gasteiger partial charge on any atom is -0.450 e. The van der Waals surface area contributed by atoms with Crippen molar-refractivity contribution in [3.05, 3.63) is 0 Å². The fraction of sp³-hybridized carbons (Fsp3) is 0.952. The highest BCUT2D eigenvalue weighted by atomic mass is 28.5. The van der Waals surface area contributed by atoms with Gasteiger partial charge in [0.15, 0.2) is 16.6 Å².